The molecule has 0 aliphatic carbocycles. The van der Waals surface area contributed by atoms with E-state index in [1.54, 1.807) is 6.26 Å². The van der Waals surface area contributed by atoms with Gasteiger partial charge in [0.2, 0.25) is 0 Å². The summed E-state index contributed by atoms with van der Waals surface area (Å²) in [6.45, 7) is 4.38. The fourth-order valence-electron chi connectivity index (χ4n) is 3.29. The summed E-state index contributed by atoms with van der Waals surface area (Å²) in [7, 11) is 2.14. The predicted molar refractivity (Wildman–Crippen MR) is 131 cm³/mol. The third-order valence-electron chi connectivity index (χ3n) is 4.83. The maximum Gasteiger partial charge on any atom is 0.193 e. The van der Waals surface area contributed by atoms with Crippen molar-refractivity contribution in [2.45, 2.75) is 24.2 Å². The number of halogens is 1. The Hall–Kier alpha value is -1.19. The van der Waals surface area contributed by atoms with E-state index in [0.29, 0.717) is 5.92 Å². The highest BCUT2D eigenvalue weighted by atomic mass is 127. The molecule has 1 aromatic heterocycles. The summed E-state index contributed by atoms with van der Waals surface area (Å²) in [5, 5.41) is 3.55. The first kappa shape index (κ1) is 24.1. The number of ether oxygens (including phenoxy) is 1. The zero-order valence-electron chi connectivity index (χ0n) is 17.1. The third kappa shape index (κ3) is 9.00. The van der Waals surface area contributed by atoms with Crippen LogP contribution in [0, 0.1) is 5.92 Å². The first-order chi connectivity index (χ1) is 13.8. The van der Waals surface area contributed by atoms with E-state index in [-0.39, 0.29) is 24.0 Å². The first-order valence-electron chi connectivity index (χ1n) is 10.1. The van der Waals surface area contributed by atoms with Crippen molar-refractivity contribution in [3.05, 3.63) is 54.5 Å². The van der Waals surface area contributed by atoms with Crippen molar-refractivity contribution in [2.75, 3.05) is 45.6 Å². The number of thioether (sulfide) groups is 1. The van der Waals surface area contributed by atoms with Gasteiger partial charge in [-0.25, -0.2) is 0 Å². The number of furan rings is 1. The number of aliphatic imine (C=N–C) groups is 1. The van der Waals surface area contributed by atoms with Crippen LogP contribution < -0.4 is 5.32 Å². The van der Waals surface area contributed by atoms with Gasteiger partial charge in [0.05, 0.1) is 6.26 Å². The smallest absolute Gasteiger partial charge is 0.193 e. The van der Waals surface area contributed by atoms with Crippen LogP contribution in [-0.4, -0.2) is 56.5 Å². The van der Waals surface area contributed by atoms with Crippen LogP contribution in [0.15, 0.2) is 63.0 Å². The van der Waals surface area contributed by atoms with E-state index >= 15 is 0 Å². The Kier molecular flexibility index (Phi) is 11.6. The fraction of sp³-hybridized carbons (Fsp3) is 0.500. The molecule has 0 bridgehead atoms. The van der Waals surface area contributed by atoms with Gasteiger partial charge in [0.15, 0.2) is 5.96 Å². The Morgan fingerprint density at radius 3 is 2.69 bits per heavy atom. The van der Waals surface area contributed by atoms with Gasteiger partial charge in [-0.2, -0.15) is 0 Å². The lowest BCUT2D eigenvalue weighted by Crippen LogP contribution is -2.43. The third-order valence-corrected chi connectivity index (χ3v) is 5.85. The van der Waals surface area contributed by atoms with Gasteiger partial charge in [-0.3, -0.25) is 4.99 Å². The molecule has 0 unspecified atom stereocenters. The van der Waals surface area contributed by atoms with Crippen LogP contribution in [0.2, 0.25) is 0 Å². The number of nitrogens with one attached hydrogen (secondary N) is 1. The van der Waals surface area contributed by atoms with Gasteiger partial charge < -0.3 is 19.4 Å². The number of benzene rings is 1. The topological polar surface area (TPSA) is 50.0 Å². The van der Waals surface area contributed by atoms with Gasteiger partial charge >= 0.3 is 0 Å². The van der Waals surface area contributed by atoms with Gasteiger partial charge in [0.1, 0.15) is 5.76 Å². The quantitative estimate of drug-likeness (QED) is 0.170. The van der Waals surface area contributed by atoms with Crippen molar-refractivity contribution in [3.63, 3.8) is 0 Å². The normalized spacial score (nSPS) is 15.0. The SMILES string of the molecule is CN(CC1CCOCC1)C(=NCCc1ccco1)NCCSc1ccccc1.I. The monoisotopic (exact) mass is 529 g/mol. The molecule has 7 heteroatoms. The van der Waals surface area contributed by atoms with Crippen molar-refractivity contribution in [3.8, 4) is 0 Å². The second-order valence-electron chi connectivity index (χ2n) is 7.06. The van der Waals surface area contributed by atoms with Crippen molar-refractivity contribution in [1.82, 2.24) is 10.2 Å². The van der Waals surface area contributed by atoms with E-state index < -0.39 is 0 Å². The van der Waals surface area contributed by atoms with E-state index in [4.69, 9.17) is 14.1 Å². The van der Waals surface area contributed by atoms with Crippen LogP contribution >= 0.6 is 35.7 Å². The highest BCUT2D eigenvalue weighted by molar-refractivity contribution is 14.0. The molecule has 2 heterocycles. The van der Waals surface area contributed by atoms with Crippen LogP contribution in [0.25, 0.3) is 0 Å². The molecule has 1 N–H and O–H groups in total. The van der Waals surface area contributed by atoms with Gasteiger partial charge in [-0.1, -0.05) is 18.2 Å². The average Bonchev–Trinajstić information content (AvgIpc) is 3.25. The van der Waals surface area contributed by atoms with Crippen molar-refractivity contribution in [2.24, 2.45) is 10.9 Å². The second kappa shape index (κ2) is 13.9. The predicted octanol–water partition coefficient (Wildman–Crippen LogP) is 4.54. The average molecular weight is 529 g/mol. The molecule has 29 heavy (non-hydrogen) atoms. The molecule has 1 fully saturated rings. The molecule has 5 nitrogen and oxygen atoms in total. The minimum absolute atomic E-state index is 0. The molecule has 1 aliphatic rings. The molecular weight excluding hydrogens is 497 g/mol. The van der Waals surface area contributed by atoms with E-state index in [2.05, 4.69) is 47.6 Å². The highest BCUT2D eigenvalue weighted by Gasteiger charge is 2.17. The molecule has 1 aliphatic heterocycles. The fourth-order valence-corrected chi connectivity index (χ4v) is 4.08. The number of rotatable bonds is 9. The van der Waals surface area contributed by atoms with E-state index in [0.717, 1.165) is 69.6 Å². The zero-order chi connectivity index (χ0) is 19.4. The largest absolute Gasteiger partial charge is 0.469 e. The summed E-state index contributed by atoms with van der Waals surface area (Å²) in [4.78, 5) is 8.41. The van der Waals surface area contributed by atoms with Gasteiger partial charge in [0.25, 0.3) is 0 Å². The minimum atomic E-state index is 0. The Morgan fingerprint density at radius 2 is 1.97 bits per heavy atom. The molecule has 0 atom stereocenters. The Labute approximate surface area is 195 Å². The molecule has 0 amide bonds. The maximum absolute atomic E-state index is 5.49. The van der Waals surface area contributed by atoms with Crippen LogP contribution in [-0.2, 0) is 11.2 Å². The van der Waals surface area contributed by atoms with Crippen molar-refractivity contribution < 1.29 is 9.15 Å². The summed E-state index contributed by atoms with van der Waals surface area (Å²) < 4.78 is 10.9. The molecule has 0 radical (unpaired) electrons. The van der Waals surface area contributed by atoms with E-state index in [9.17, 15) is 0 Å². The van der Waals surface area contributed by atoms with Crippen LogP contribution in [0.3, 0.4) is 0 Å². The summed E-state index contributed by atoms with van der Waals surface area (Å²) in [6, 6.07) is 14.5. The van der Waals surface area contributed by atoms with Gasteiger partial charge in [-0.05, 0) is 43.0 Å². The molecule has 1 aromatic carbocycles. The lowest BCUT2D eigenvalue weighted by Gasteiger charge is -2.29. The van der Waals surface area contributed by atoms with Crippen molar-refractivity contribution >= 4 is 41.7 Å². The van der Waals surface area contributed by atoms with Crippen molar-refractivity contribution in [1.29, 1.82) is 0 Å². The lowest BCUT2D eigenvalue weighted by atomic mass is 10.00. The first-order valence-corrected chi connectivity index (χ1v) is 11.1. The molecule has 2 aromatic rings. The van der Waals surface area contributed by atoms with Gasteiger partial charge in [-0.15, -0.1) is 35.7 Å². The molecular formula is C22H32IN3O2S. The number of hydrogen-bond donors (Lipinski definition) is 1. The highest BCUT2D eigenvalue weighted by Crippen LogP contribution is 2.17. The van der Waals surface area contributed by atoms with Crippen LogP contribution in [0.1, 0.15) is 18.6 Å². The summed E-state index contributed by atoms with van der Waals surface area (Å²) in [5.74, 6) is 3.64. The van der Waals surface area contributed by atoms with Crippen LogP contribution in [0.4, 0.5) is 0 Å². The minimum Gasteiger partial charge on any atom is -0.469 e. The number of nitrogens with zero attached hydrogens (tertiary/aromatic N) is 2. The molecule has 0 spiro atoms. The van der Waals surface area contributed by atoms with E-state index in [1.165, 1.54) is 4.90 Å². The molecule has 1 saturated heterocycles. The Morgan fingerprint density at radius 1 is 1.17 bits per heavy atom. The van der Waals surface area contributed by atoms with Gasteiger partial charge in [0, 0.05) is 57.0 Å². The summed E-state index contributed by atoms with van der Waals surface area (Å²) >= 11 is 1.86. The zero-order valence-corrected chi connectivity index (χ0v) is 20.2. The Balaban J connectivity index is 0.00000300. The molecule has 160 valence electrons. The van der Waals surface area contributed by atoms with E-state index in [1.807, 2.05) is 23.9 Å². The maximum atomic E-state index is 5.49. The molecule has 0 saturated carbocycles. The van der Waals surface area contributed by atoms with Crippen LogP contribution in [0.5, 0.6) is 0 Å². The molecule has 3 rings (SSSR count). The number of hydrogen-bond acceptors (Lipinski definition) is 4. The number of guanidine groups is 1. The summed E-state index contributed by atoms with van der Waals surface area (Å²) in [6.07, 6.45) is 4.81. The second-order valence-corrected chi connectivity index (χ2v) is 8.23. The summed E-state index contributed by atoms with van der Waals surface area (Å²) in [5.41, 5.74) is 0. The Bertz CT molecular complexity index is 691. The lowest BCUT2D eigenvalue weighted by molar-refractivity contribution is 0.0610. The standard InChI is InChI=1S/C22H31N3O2S.HI/c1-25(18-19-10-15-26-16-11-19)22(23-12-9-20-6-5-14-27-20)24-13-17-28-21-7-3-2-4-8-21;/h2-8,14,19H,9-13,15-18H2,1H3,(H,23,24);1H.